The average molecular weight is 295 g/mol. The Balaban J connectivity index is 1.96. The molecule has 4 heteroatoms. The number of ether oxygens (including phenoxy) is 2. The van der Waals surface area contributed by atoms with E-state index >= 15 is 0 Å². The van der Waals surface area contributed by atoms with Gasteiger partial charge in [0.2, 0.25) is 0 Å². The molecule has 1 N–H and O–H groups in total. The fourth-order valence-electron chi connectivity index (χ4n) is 1.88. The molecular weight excluding hydrogens is 278 g/mol. The van der Waals surface area contributed by atoms with Crippen LogP contribution in [-0.4, -0.2) is 26.7 Å². The van der Waals surface area contributed by atoms with Gasteiger partial charge in [0.15, 0.2) is 0 Å². The van der Waals surface area contributed by atoms with E-state index in [4.69, 9.17) is 9.47 Å². The Morgan fingerprint density at radius 1 is 1.09 bits per heavy atom. The summed E-state index contributed by atoms with van der Waals surface area (Å²) < 4.78 is 10.3. The number of rotatable bonds is 4. The number of methoxy groups -OCH3 is 2. The lowest BCUT2D eigenvalue weighted by molar-refractivity contribution is 0.0958. The third-order valence-electron chi connectivity index (χ3n) is 3.00. The minimum absolute atomic E-state index is 0.187. The molecule has 0 heterocycles. The number of carbonyl (C=O) groups excluding carboxylic acids is 1. The fourth-order valence-corrected chi connectivity index (χ4v) is 1.88. The summed E-state index contributed by atoms with van der Waals surface area (Å²) in [6.07, 6.45) is 0. The molecule has 0 fully saturated rings. The van der Waals surface area contributed by atoms with E-state index in [1.165, 1.54) is 0 Å². The molecule has 0 aromatic heterocycles. The van der Waals surface area contributed by atoms with Crippen LogP contribution in [0.15, 0.2) is 48.5 Å². The summed E-state index contributed by atoms with van der Waals surface area (Å²) in [4.78, 5) is 12.0. The van der Waals surface area contributed by atoms with Crippen molar-refractivity contribution in [3.05, 3.63) is 59.7 Å². The maximum atomic E-state index is 12.0. The van der Waals surface area contributed by atoms with Crippen molar-refractivity contribution < 1.29 is 14.3 Å². The molecule has 0 saturated carbocycles. The van der Waals surface area contributed by atoms with Crippen molar-refractivity contribution in [2.24, 2.45) is 0 Å². The molecule has 1 amide bonds. The highest BCUT2D eigenvalue weighted by Crippen LogP contribution is 2.15. The van der Waals surface area contributed by atoms with Crippen LogP contribution >= 0.6 is 0 Å². The minimum Gasteiger partial charge on any atom is -0.497 e. The Hall–Kier alpha value is -2.93. The van der Waals surface area contributed by atoms with Gasteiger partial charge in [-0.2, -0.15) is 0 Å². The van der Waals surface area contributed by atoms with Crippen LogP contribution in [0.2, 0.25) is 0 Å². The van der Waals surface area contributed by atoms with Gasteiger partial charge in [0.25, 0.3) is 5.91 Å². The van der Waals surface area contributed by atoms with E-state index in [1.54, 1.807) is 38.5 Å². The number of hydrogen-bond donors (Lipinski definition) is 1. The van der Waals surface area contributed by atoms with Crippen molar-refractivity contribution in [1.82, 2.24) is 5.32 Å². The van der Waals surface area contributed by atoms with E-state index in [9.17, 15) is 4.79 Å². The zero-order valence-corrected chi connectivity index (χ0v) is 12.6. The quantitative estimate of drug-likeness (QED) is 0.882. The molecule has 2 aromatic carbocycles. The number of para-hydroxylation sites is 1. The standard InChI is InChI=1S/C18H17NO3/c1-21-16-10-5-8-15(13-16)18(20)19-12-6-9-14-7-3-4-11-17(14)22-2/h3-5,7-8,10-11,13H,12H2,1-2H3,(H,19,20). The lowest BCUT2D eigenvalue weighted by Crippen LogP contribution is -2.23. The molecule has 0 aliphatic carbocycles. The van der Waals surface area contributed by atoms with E-state index in [0.717, 1.165) is 5.56 Å². The first-order chi connectivity index (χ1) is 10.7. The highest BCUT2D eigenvalue weighted by molar-refractivity contribution is 5.94. The van der Waals surface area contributed by atoms with Crippen LogP contribution in [0.5, 0.6) is 11.5 Å². The van der Waals surface area contributed by atoms with E-state index in [0.29, 0.717) is 17.1 Å². The summed E-state index contributed by atoms with van der Waals surface area (Å²) in [5.41, 5.74) is 1.33. The minimum atomic E-state index is -0.187. The molecule has 2 aromatic rings. The summed E-state index contributed by atoms with van der Waals surface area (Å²) in [6, 6.07) is 14.5. The second kappa shape index (κ2) is 7.75. The van der Waals surface area contributed by atoms with Gasteiger partial charge in [-0.25, -0.2) is 0 Å². The molecule has 4 nitrogen and oxygen atoms in total. The summed E-state index contributed by atoms with van der Waals surface area (Å²) >= 11 is 0. The van der Waals surface area contributed by atoms with Gasteiger partial charge in [-0.05, 0) is 30.3 Å². The topological polar surface area (TPSA) is 47.6 Å². The zero-order chi connectivity index (χ0) is 15.8. The third kappa shape index (κ3) is 4.03. The molecule has 0 aliphatic heterocycles. The van der Waals surface area contributed by atoms with Crippen molar-refractivity contribution in [1.29, 1.82) is 0 Å². The number of carbonyl (C=O) groups is 1. The SMILES string of the molecule is COc1cccc(C(=O)NCC#Cc2ccccc2OC)c1. The lowest BCUT2D eigenvalue weighted by Gasteiger charge is -2.04. The molecule has 2 rings (SSSR count). The van der Waals surface area contributed by atoms with Crippen molar-refractivity contribution in [2.45, 2.75) is 0 Å². The van der Waals surface area contributed by atoms with Crippen molar-refractivity contribution in [3.8, 4) is 23.3 Å². The molecule has 0 atom stereocenters. The zero-order valence-electron chi connectivity index (χ0n) is 12.6. The molecule has 0 unspecified atom stereocenters. The summed E-state index contributed by atoms with van der Waals surface area (Å²) in [5, 5.41) is 2.75. The molecule has 0 bridgehead atoms. The number of nitrogens with one attached hydrogen (secondary N) is 1. The van der Waals surface area contributed by atoms with Gasteiger partial charge < -0.3 is 14.8 Å². The lowest BCUT2D eigenvalue weighted by atomic mass is 10.2. The molecule has 22 heavy (non-hydrogen) atoms. The molecule has 0 spiro atoms. The predicted molar refractivity (Wildman–Crippen MR) is 85.2 cm³/mol. The van der Waals surface area contributed by atoms with Crippen LogP contribution in [-0.2, 0) is 0 Å². The van der Waals surface area contributed by atoms with Gasteiger partial charge in [0, 0.05) is 5.56 Å². The highest BCUT2D eigenvalue weighted by Gasteiger charge is 2.04. The first-order valence-electron chi connectivity index (χ1n) is 6.78. The smallest absolute Gasteiger partial charge is 0.252 e. The Morgan fingerprint density at radius 3 is 2.68 bits per heavy atom. The molecular formula is C18H17NO3. The normalized spacial score (nSPS) is 9.36. The van der Waals surface area contributed by atoms with Gasteiger partial charge in [-0.15, -0.1) is 0 Å². The maximum Gasteiger partial charge on any atom is 0.252 e. The first kappa shape index (κ1) is 15.5. The first-order valence-corrected chi connectivity index (χ1v) is 6.78. The number of hydrogen-bond acceptors (Lipinski definition) is 3. The number of amides is 1. The van der Waals surface area contributed by atoms with Gasteiger partial charge in [-0.1, -0.05) is 30.0 Å². The average Bonchev–Trinajstić information content (AvgIpc) is 2.58. The largest absolute Gasteiger partial charge is 0.497 e. The van der Waals surface area contributed by atoms with Crippen molar-refractivity contribution in [2.75, 3.05) is 20.8 Å². The highest BCUT2D eigenvalue weighted by atomic mass is 16.5. The van der Waals surface area contributed by atoms with Crippen LogP contribution < -0.4 is 14.8 Å². The van der Waals surface area contributed by atoms with Crippen LogP contribution in [0.1, 0.15) is 15.9 Å². The van der Waals surface area contributed by atoms with Crippen LogP contribution in [0.4, 0.5) is 0 Å². The van der Waals surface area contributed by atoms with Crippen LogP contribution in [0.25, 0.3) is 0 Å². The van der Waals surface area contributed by atoms with E-state index in [2.05, 4.69) is 17.2 Å². The summed E-state index contributed by atoms with van der Waals surface area (Å²) in [6.45, 7) is 0.258. The Labute approximate surface area is 130 Å². The number of benzene rings is 2. The molecule has 0 aliphatic rings. The second-order valence-electron chi connectivity index (χ2n) is 4.42. The third-order valence-corrected chi connectivity index (χ3v) is 3.00. The second-order valence-corrected chi connectivity index (χ2v) is 4.42. The van der Waals surface area contributed by atoms with Crippen molar-refractivity contribution >= 4 is 5.91 Å². The monoisotopic (exact) mass is 295 g/mol. The predicted octanol–water partition coefficient (Wildman–Crippen LogP) is 2.49. The Bertz CT molecular complexity index is 714. The van der Waals surface area contributed by atoms with Gasteiger partial charge >= 0.3 is 0 Å². The van der Waals surface area contributed by atoms with Gasteiger partial charge in [0.1, 0.15) is 11.5 Å². The molecule has 0 radical (unpaired) electrons. The van der Waals surface area contributed by atoms with Crippen molar-refractivity contribution in [3.63, 3.8) is 0 Å². The molecule has 112 valence electrons. The Morgan fingerprint density at radius 2 is 1.91 bits per heavy atom. The van der Waals surface area contributed by atoms with Gasteiger partial charge in [0.05, 0.1) is 26.3 Å². The van der Waals surface area contributed by atoms with E-state index in [-0.39, 0.29) is 12.5 Å². The summed E-state index contributed by atoms with van der Waals surface area (Å²) in [5.74, 6) is 7.07. The summed E-state index contributed by atoms with van der Waals surface area (Å²) in [7, 11) is 3.17. The van der Waals surface area contributed by atoms with E-state index in [1.807, 2.05) is 24.3 Å². The Kier molecular flexibility index (Phi) is 5.44. The fraction of sp³-hybridized carbons (Fsp3) is 0.167. The maximum absolute atomic E-state index is 12.0. The van der Waals surface area contributed by atoms with Gasteiger partial charge in [-0.3, -0.25) is 4.79 Å². The van der Waals surface area contributed by atoms with Crippen LogP contribution in [0, 0.1) is 11.8 Å². The molecule has 0 saturated heterocycles. The van der Waals surface area contributed by atoms with Crippen LogP contribution in [0.3, 0.4) is 0 Å². The van der Waals surface area contributed by atoms with E-state index < -0.39 is 0 Å².